The molecule has 3 aliphatic heterocycles. The van der Waals surface area contributed by atoms with Crippen LogP contribution in [0.15, 0.2) is 53.5 Å². The molecule has 9 nitrogen and oxygen atoms in total. The molecule has 1 saturated heterocycles. The molecule has 35 heavy (non-hydrogen) atoms. The summed E-state index contributed by atoms with van der Waals surface area (Å²) in [6.45, 7) is 7.40. The van der Waals surface area contributed by atoms with Crippen LogP contribution in [0.4, 0.5) is 11.6 Å². The van der Waals surface area contributed by atoms with Crippen molar-refractivity contribution in [1.82, 2.24) is 24.7 Å². The van der Waals surface area contributed by atoms with Gasteiger partial charge >= 0.3 is 0 Å². The minimum Gasteiger partial charge on any atom is -0.379 e. The molecule has 4 heterocycles. The van der Waals surface area contributed by atoms with Gasteiger partial charge < -0.3 is 15.0 Å². The first-order valence-corrected chi connectivity index (χ1v) is 12.5. The Balaban J connectivity index is 1.26. The van der Waals surface area contributed by atoms with Crippen molar-refractivity contribution in [2.45, 2.75) is 12.6 Å². The molecule has 1 N–H and O–H groups in total. The molecule has 2 aromatic carbocycles. The first kappa shape index (κ1) is 22.3. The fraction of sp³-hybridized carbons (Fsp3) is 0.462. The molecule has 0 radical (unpaired) electrons. The van der Waals surface area contributed by atoms with Gasteiger partial charge in [-0.25, -0.2) is 9.98 Å². The van der Waals surface area contributed by atoms with E-state index in [4.69, 9.17) is 14.7 Å². The number of hydrogen-bond donors (Lipinski definition) is 1. The summed E-state index contributed by atoms with van der Waals surface area (Å²) in [7, 11) is 4.13. The molecule has 0 saturated carbocycles. The summed E-state index contributed by atoms with van der Waals surface area (Å²) in [5, 5.41) is 3.72. The van der Waals surface area contributed by atoms with E-state index in [1.807, 2.05) is 0 Å². The maximum Gasteiger partial charge on any atom is 0.216 e. The monoisotopic (exact) mass is 474 g/mol. The van der Waals surface area contributed by atoms with Crippen LogP contribution < -0.4 is 15.1 Å². The molecular weight excluding hydrogens is 440 g/mol. The Kier molecular flexibility index (Phi) is 6.05. The van der Waals surface area contributed by atoms with Crippen LogP contribution in [0.5, 0.6) is 0 Å². The van der Waals surface area contributed by atoms with Crippen LogP contribution >= 0.6 is 0 Å². The minimum atomic E-state index is -0.0588. The number of para-hydroxylation sites is 2. The molecule has 0 amide bonds. The van der Waals surface area contributed by atoms with Crippen molar-refractivity contribution in [3.63, 3.8) is 0 Å². The number of nitrogens with zero attached hydrogens (tertiary/aromatic N) is 7. The van der Waals surface area contributed by atoms with E-state index < -0.39 is 0 Å². The van der Waals surface area contributed by atoms with Crippen LogP contribution in [0.2, 0.25) is 0 Å². The lowest BCUT2D eigenvalue weighted by Crippen LogP contribution is -2.57. The van der Waals surface area contributed by atoms with Crippen molar-refractivity contribution in [2.75, 3.05) is 76.6 Å². The molecule has 1 fully saturated rings. The number of anilines is 2. The van der Waals surface area contributed by atoms with E-state index >= 15 is 0 Å². The first-order chi connectivity index (χ1) is 17.2. The summed E-state index contributed by atoms with van der Waals surface area (Å²) in [5.74, 6) is 1.85. The van der Waals surface area contributed by atoms with Gasteiger partial charge in [-0.3, -0.25) is 19.3 Å². The average Bonchev–Trinajstić information content (AvgIpc) is 3.29. The fourth-order valence-electron chi connectivity index (χ4n) is 5.18. The Labute approximate surface area is 206 Å². The Hall–Kier alpha value is -3.14. The molecule has 0 unspecified atom stereocenters. The van der Waals surface area contributed by atoms with Gasteiger partial charge in [0, 0.05) is 39.4 Å². The Morgan fingerprint density at radius 2 is 1.77 bits per heavy atom. The number of fused-ring (bicyclic) bond motifs is 5. The zero-order valence-corrected chi connectivity index (χ0v) is 20.6. The zero-order chi connectivity index (χ0) is 23.8. The second kappa shape index (κ2) is 9.49. The number of nitrogens with one attached hydrogen (secondary N) is 1. The van der Waals surface area contributed by atoms with Gasteiger partial charge in [0.2, 0.25) is 11.9 Å². The van der Waals surface area contributed by atoms with E-state index in [2.05, 4.69) is 92.1 Å². The molecule has 0 bridgehead atoms. The van der Waals surface area contributed by atoms with Gasteiger partial charge in [0.05, 0.1) is 37.6 Å². The molecule has 1 atom stereocenters. The highest BCUT2D eigenvalue weighted by molar-refractivity contribution is 5.98. The summed E-state index contributed by atoms with van der Waals surface area (Å²) >= 11 is 0. The highest BCUT2D eigenvalue weighted by Crippen LogP contribution is 2.34. The quantitative estimate of drug-likeness (QED) is 0.589. The maximum absolute atomic E-state index is 5.48. The molecule has 6 rings (SSSR count). The van der Waals surface area contributed by atoms with E-state index in [0.717, 1.165) is 75.4 Å². The average molecular weight is 475 g/mol. The maximum atomic E-state index is 5.48. The summed E-state index contributed by atoms with van der Waals surface area (Å²) in [4.78, 5) is 19.3. The number of aliphatic imine (C=N–C) groups is 1. The van der Waals surface area contributed by atoms with Crippen LogP contribution in [-0.2, 0) is 4.74 Å². The Morgan fingerprint density at radius 1 is 1.00 bits per heavy atom. The molecule has 3 aromatic rings. The second-order valence-electron chi connectivity index (χ2n) is 9.70. The topological polar surface area (TPSA) is 64.4 Å². The molecule has 3 aliphatic rings. The summed E-state index contributed by atoms with van der Waals surface area (Å²) in [6.07, 6.45) is 1.07. The SMILES string of the molecule is CN(C)c1ccc([C@@H]2NC3=NCN(CCCN4CCOCC4)CN3c3nc4ccccc4n32)cc1. The fourth-order valence-corrected chi connectivity index (χ4v) is 5.18. The standard InChI is InChI=1S/C26H34N8O/c1-30(2)21-10-8-20(9-11-21)24-29-25-27-18-32(13-5-12-31-14-16-35-17-15-31)19-33(25)26-28-22-6-3-4-7-23(22)34(24)26/h3-4,6-11,24H,5,12-19H2,1-2H3,(H,27,29)/t24-/m1/s1. The highest BCUT2D eigenvalue weighted by Gasteiger charge is 2.35. The van der Waals surface area contributed by atoms with Crippen LogP contribution in [0, 0.1) is 0 Å². The number of guanidine groups is 1. The van der Waals surface area contributed by atoms with Gasteiger partial charge in [-0.15, -0.1) is 0 Å². The van der Waals surface area contributed by atoms with Crippen molar-refractivity contribution in [2.24, 2.45) is 4.99 Å². The Bertz CT molecular complexity index is 1200. The number of morpholine rings is 1. The van der Waals surface area contributed by atoms with E-state index in [1.165, 1.54) is 11.3 Å². The van der Waals surface area contributed by atoms with E-state index in [-0.39, 0.29) is 6.17 Å². The summed E-state index contributed by atoms with van der Waals surface area (Å²) < 4.78 is 7.79. The molecule has 0 spiro atoms. The molecule has 1 aromatic heterocycles. The number of hydrogen-bond acceptors (Lipinski definition) is 8. The van der Waals surface area contributed by atoms with E-state index in [1.54, 1.807) is 0 Å². The molecule has 184 valence electrons. The van der Waals surface area contributed by atoms with Gasteiger partial charge in [-0.2, -0.15) is 0 Å². The minimum absolute atomic E-state index is 0.0588. The largest absolute Gasteiger partial charge is 0.379 e. The van der Waals surface area contributed by atoms with Crippen LogP contribution in [0.3, 0.4) is 0 Å². The number of aromatic nitrogens is 2. The highest BCUT2D eigenvalue weighted by atomic mass is 16.5. The zero-order valence-electron chi connectivity index (χ0n) is 20.6. The lowest BCUT2D eigenvalue weighted by Gasteiger charge is -2.42. The normalized spacial score (nSPS) is 20.8. The second-order valence-corrected chi connectivity index (χ2v) is 9.70. The number of imidazole rings is 1. The predicted octanol–water partition coefficient (Wildman–Crippen LogP) is 2.37. The number of benzene rings is 2. The third-order valence-electron chi connectivity index (χ3n) is 7.14. The third-order valence-corrected chi connectivity index (χ3v) is 7.14. The number of ether oxygens (including phenoxy) is 1. The first-order valence-electron chi connectivity index (χ1n) is 12.5. The van der Waals surface area contributed by atoms with E-state index in [9.17, 15) is 0 Å². The molecule has 0 aliphatic carbocycles. The smallest absolute Gasteiger partial charge is 0.216 e. The summed E-state index contributed by atoms with van der Waals surface area (Å²) in [5.41, 5.74) is 4.50. The van der Waals surface area contributed by atoms with Gasteiger partial charge in [0.1, 0.15) is 6.17 Å². The van der Waals surface area contributed by atoms with Crippen LogP contribution in [0.25, 0.3) is 11.0 Å². The number of rotatable bonds is 6. The van der Waals surface area contributed by atoms with Crippen molar-refractivity contribution in [3.8, 4) is 0 Å². The van der Waals surface area contributed by atoms with E-state index in [0.29, 0.717) is 6.67 Å². The van der Waals surface area contributed by atoms with Gasteiger partial charge in [0.15, 0.2) is 0 Å². The van der Waals surface area contributed by atoms with Crippen molar-refractivity contribution in [3.05, 3.63) is 54.1 Å². The van der Waals surface area contributed by atoms with Gasteiger partial charge in [-0.05, 0) is 42.8 Å². The summed E-state index contributed by atoms with van der Waals surface area (Å²) in [6, 6.07) is 17.1. The van der Waals surface area contributed by atoms with Crippen molar-refractivity contribution in [1.29, 1.82) is 0 Å². The van der Waals surface area contributed by atoms with Crippen LogP contribution in [0.1, 0.15) is 18.2 Å². The predicted molar refractivity (Wildman–Crippen MR) is 140 cm³/mol. The van der Waals surface area contributed by atoms with Gasteiger partial charge in [0.25, 0.3) is 0 Å². The van der Waals surface area contributed by atoms with Gasteiger partial charge in [-0.1, -0.05) is 24.3 Å². The van der Waals surface area contributed by atoms with Crippen LogP contribution in [-0.4, -0.2) is 92.1 Å². The lowest BCUT2D eigenvalue weighted by atomic mass is 10.1. The molecular formula is C26H34N8O. The van der Waals surface area contributed by atoms with Crippen molar-refractivity contribution < 1.29 is 4.74 Å². The third kappa shape index (κ3) is 4.35. The molecule has 9 heteroatoms. The van der Waals surface area contributed by atoms with Crippen molar-refractivity contribution >= 4 is 28.6 Å². The Morgan fingerprint density at radius 3 is 2.57 bits per heavy atom. The lowest BCUT2D eigenvalue weighted by molar-refractivity contribution is 0.0361.